The van der Waals surface area contributed by atoms with Gasteiger partial charge >= 0.3 is 0 Å². The van der Waals surface area contributed by atoms with Crippen molar-refractivity contribution in [3.8, 4) is 11.5 Å². The third-order valence-corrected chi connectivity index (χ3v) is 6.07. The van der Waals surface area contributed by atoms with Gasteiger partial charge in [0.15, 0.2) is 18.1 Å². The summed E-state index contributed by atoms with van der Waals surface area (Å²) in [6.45, 7) is 6.70. The second-order valence-electron chi connectivity index (χ2n) is 8.26. The lowest BCUT2D eigenvalue weighted by Crippen LogP contribution is -2.43. The zero-order chi connectivity index (χ0) is 23.9. The van der Waals surface area contributed by atoms with E-state index in [1.165, 1.54) is 12.1 Å². The number of carbonyl (C=O) groups excluding carboxylic acids is 1. The molecule has 0 aliphatic rings. The molecule has 0 aliphatic heterocycles. The first-order valence-corrected chi connectivity index (χ1v) is 12.4. The highest BCUT2D eigenvalue weighted by molar-refractivity contribution is 9.10. The molecule has 0 fully saturated rings. The van der Waals surface area contributed by atoms with Gasteiger partial charge in [0.2, 0.25) is 10.0 Å². The molecule has 0 heterocycles. The molecule has 0 spiro atoms. The van der Waals surface area contributed by atoms with E-state index < -0.39 is 10.0 Å². The van der Waals surface area contributed by atoms with Crippen LogP contribution >= 0.6 is 15.9 Å². The summed E-state index contributed by atoms with van der Waals surface area (Å²) >= 11 is 3.55. The molecule has 2 aromatic carbocycles. The first kappa shape index (κ1) is 26.1. The molecule has 0 saturated carbocycles. The van der Waals surface area contributed by atoms with Crippen molar-refractivity contribution >= 4 is 31.9 Å². The number of benzene rings is 2. The topological polar surface area (TPSA) is 120 Å². The van der Waals surface area contributed by atoms with Crippen LogP contribution in [0.2, 0.25) is 0 Å². The Morgan fingerprint density at radius 1 is 1.12 bits per heavy atom. The van der Waals surface area contributed by atoms with Gasteiger partial charge in [0.1, 0.15) is 0 Å². The smallest absolute Gasteiger partial charge is 0.258 e. The van der Waals surface area contributed by atoms with Crippen LogP contribution in [-0.2, 0) is 27.8 Å². The molecule has 2 rings (SSSR count). The Balaban J connectivity index is 2.02. The predicted molar refractivity (Wildman–Crippen MR) is 127 cm³/mol. The Morgan fingerprint density at radius 2 is 1.78 bits per heavy atom. The van der Waals surface area contributed by atoms with Crippen LogP contribution in [0.25, 0.3) is 0 Å². The Kier molecular flexibility index (Phi) is 9.08. The molecule has 0 aromatic heterocycles. The third-order valence-electron chi connectivity index (χ3n) is 4.39. The summed E-state index contributed by atoms with van der Waals surface area (Å²) < 4.78 is 34.8. The molecule has 176 valence electrons. The maximum atomic E-state index is 12.2. The molecule has 0 aliphatic carbocycles. The van der Waals surface area contributed by atoms with Crippen LogP contribution in [0.15, 0.2) is 45.8 Å². The number of ether oxygens (including phenoxy) is 2. The van der Waals surface area contributed by atoms with Gasteiger partial charge in [0.05, 0.1) is 12.0 Å². The average Bonchev–Trinajstić information content (AvgIpc) is 2.69. The van der Waals surface area contributed by atoms with Gasteiger partial charge in [-0.05, 0) is 63.6 Å². The average molecular weight is 528 g/mol. The van der Waals surface area contributed by atoms with Crippen molar-refractivity contribution in [2.45, 2.75) is 44.2 Å². The number of nitrogens with two attached hydrogens (primary N) is 1. The van der Waals surface area contributed by atoms with Gasteiger partial charge in [-0.15, -0.1) is 0 Å². The highest BCUT2D eigenvalue weighted by Gasteiger charge is 2.18. The Hall–Kier alpha value is -2.14. The number of sulfonamides is 1. The van der Waals surface area contributed by atoms with Gasteiger partial charge in [-0.2, -0.15) is 0 Å². The SMILES string of the molecule is COc1ccc(Br)c(CNCCc2ccc(S(N)(=O)=O)cc2)c1OCC(=O)NC(C)(C)C. The first-order valence-electron chi connectivity index (χ1n) is 10.0. The van der Waals surface area contributed by atoms with Gasteiger partial charge in [-0.25, -0.2) is 13.6 Å². The molecule has 8 nitrogen and oxygen atoms in total. The van der Waals surface area contributed by atoms with E-state index in [0.717, 1.165) is 15.6 Å². The standard InChI is InChI=1S/C22H30BrN3O5S/c1-22(2,3)26-20(27)14-31-21-17(18(23)9-10-19(21)30-4)13-25-12-11-15-5-7-16(8-6-15)32(24,28)29/h5-10,25H,11-14H2,1-4H3,(H,26,27)(H2,24,28,29). The Labute approximate surface area is 198 Å². The largest absolute Gasteiger partial charge is 0.493 e. The van der Waals surface area contributed by atoms with Gasteiger partial charge < -0.3 is 20.1 Å². The predicted octanol–water partition coefficient (Wildman–Crippen LogP) is 2.73. The Morgan fingerprint density at radius 3 is 2.34 bits per heavy atom. The fraction of sp³-hybridized carbons (Fsp3) is 0.409. The number of methoxy groups -OCH3 is 1. The summed E-state index contributed by atoms with van der Waals surface area (Å²) in [5.41, 5.74) is 1.46. The fourth-order valence-corrected chi connectivity index (χ4v) is 3.92. The van der Waals surface area contributed by atoms with Crippen LogP contribution in [0, 0.1) is 0 Å². The number of carbonyl (C=O) groups is 1. The molecule has 0 saturated heterocycles. The summed E-state index contributed by atoms with van der Waals surface area (Å²) in [6, 6.07) is 10.1. The molecular formula is C22H30BrN3O5S. The third kappa shape index (κ3) is 8.09. The van der Waals surface area contributed by atoms with Crippen molar-refractivity contribution in [3.63, 3.8) is 0 Å². The summed E-state index contributed by atoms with van der Waals surface area (Å²) in [5.74, 6) is 0.810. The number of halogens is 1. The Bertz CT molecular complexity index is 1030. The summed E-state index contributed by atoms with van der Waals surface area (Å²) in [4.78, 5) is 12.3. The second-order valence-corrected chi connectivity index (χ2v) is 10.7. The van der Waals surface area contributed by atoms with Crippen molar-refractivity contribution in [1.29, 1.82) is 0 Å². The molecule has 1 amide bonds. The van der Waals surface area contributed by atoms with Gasteiger partial charge in [0, 0.05) is 22.1 Å². The number of amides is 1. The zero-order valence-corrected chi connectivity index (χ0v) is 21.1. The molecular weight excluding hydrogens is 498 g/mol. The van der Waals surface area contributed by atoms with E-state index in [0.29, 0.717) is 31.0 Å². The van der Waals surface area contributed by atoms with Crippen LogP contribution in [0.4, 0.5) is 0 Å². The highest BCUT2D eigenvalue weighted by atomic mass is 79.9. The molecule has 4 N–H and O–H groups in total. The van der Waals surface area contributed by atoms with Crippen molar-refractivity contribution < 1.29 is 22.7 Å². The van der Waals surface area contributed by atoms with Crippen molar-refractivity contribution in [2.24, 2.45) is 5.14 Å². The van der Waals surface area contributed by atoms with Crippen molar-refractivity contribution in [2.75, 3.05) is 20.3 Å². The van der Waals surface area contributed by atoms with Gasteiger partial charge in [-0.3, -0.25) is 4.79 Å². The first-order chi connectivity index (χ1) is 14.9. The van der Waals surface area contributed by atoms with Crippen LogP contribution < -0.4 is 25.2 Å². The lowest BCUT2D eigenvalue weighted by Gasteiger charge is -2.21. The maximum absolute atomic E-state index is 12.2. The van der Waals surface area contributed by atoms with Crippen LogP contribution in [0.5, 0.6) is 11.5 Å². The molecule has 2 aromatic rings. The summed E-state index contributed by atoms with van der Waals surface area (Å²) in [7, 11) is -2.14. The molecule has 32 heavy (non-hydrogen) atoms. The van der Waals surface area contributed by atoms with Crippen LogP contribution in [0.1, 0.15) is 31.9 Å². The monoisotopic (exact) mass is 527 g/mol. The van der Waals surface area contributed by atoms with Crippen LogP contribution in [-0.4, -0.2) is 40.1 Å². The van der Waals surface area contributed by atoms with E-state index in [4.69, 9.17) is 14.6 Å². The summed E-state index contributed by atoms with van der Waals surface area (Å²) in [5, 5.41) is 11.3. The minimum absolute atomic E-state index is 0.0896. The molecule has 0 unspecified atom stereocenters. The number of hydrogen-bond donors (Lipinski definition) is 3. The molecule has 10 heteroatoms. The van der Waals surface area contributed by atoms with Crippen LogP contribution in [0.3, 0.4) is 0 Å². The lowest BCUT2D eigenvalue weighted by atomic mass is 10.1. The van der Waals surface area contributed by atoms with E-state index >= 15 is 0 Å². The second kappa shape index (κ2) is 11.1. The quantitative estimate of drug-likeness (QED) is 0.408. The normalized spacial score (nSPS) is 11.8. The summed E-state index contributed by atoms with van der Waals surface area (Å²) in [6.07, 6.45) is 0.691. The molecule has 0 bridgehead atoms. The molecule has 0 radical (unpaired) electrons. The number of primary sulfonamides is 1. The minimum Gasteiger partial charge on any atom is -0.493 e. The van der Waals surface area contributed by atoms with Gasteiger partial charge in [0.25, 0.3) is 5.91 Å². The number of hydrogen-bond acceptors (Lipinski definition) is 6. The van der Waals surface area contributed by atoms with E-state index in [9.17, 15) is 13.2 Å². The van der Waals surface area contributed by atoms with Crippen molar-refractivity contribution in [1.82, 2.24) is 10.6 Å². The lowest BCUT2D eigenvalue weighted by molar-refractivity contribution is -0.124. The van der Waals surface area contributed by atoms with Crippen molar-refractivity contribution in [3.05, 3.63) is 52.0 Å². The van der Waals surface area contributed by atoms with E-state index in [2.05, 4.69) is 26.6 Å². The van der Waals surface area contributed by atoms with Gasteiger partial charge in [-0.1, -0.05) is 28.1 Å². The number of rotatable bonds is 10. The maximum Gasteiger partial charge on any atom is 0.258 e. The highest BCUT2D eigenvalue weighted by Crippen LogP contribution is 2.36. The fourth-order valence-electron chi connectivity index (χ4n) is 2.95. The minimum atomic E-state index is -3.69. The number of nitrogens with one attached hydrogen (secondary N) is 2. The molecule has 0 atom stereocenters. The van der Waals surface area contributed by atoms with E-state index in [1.807, 2.05) is 26.8 Å². The van der Waals surface area contributed by atoms with E-state index in [-0.39, 0.29) is 22.9 Å². The zero-order valence-electron chi connectivity index (χ0n) is 18.7. The van der Waals surface area contributed by atoms with E-state index in [1.54, 1.807) is 25.3 Å².